The highest BCUT2D eigenvalue weighted by molar-refractivity contribution is 5.94. The van der Waals surface area contributed by atoms with Crippen molar-refractivity contribution in [2.24, 2.45) is 10.9 Å². The zero-order chi connectivity index (χ0) is 17.4. The highest BCUT2D eigenvalue weighted by Crippen LogP contribution is 2.29. The number of aliphatic imine (C=N–C) groups is 1. The Labute approximate surface area is 142 Å². The van der Waals surface area contributed by atoms with Crippen LogP contribution in [-0.2, 0) is 4.79 Å². The van der Waals surface area contributed by atoms with Crippen LogP contribution in [0, 0.1) is 5.92 Å². The Morgan fingerprint density at radius 3 is 2.58 bits per heavy atom. The van der Waals surface area contributed by atoms with Gasteiger partial charge in [-0.25, -0.2) is 0 Å². The predicted molar refractivity (Wildman–Crippen MR) is 94.9 cm³/mol. The minimum atomic E-state index is 0.142. The van der Waals surface area contributed by atoms with Crippen LogP contribution in [0.5, 0.6) is 11.5 Å². The normalized spacial score (nSPS) is 14.0. The summed E-state index contributed by atoms with van der Waals surface area (Å²) in [6.45, 7) is 3.80. The van der Waals surface area contributed by atoms with Crippen LogP contribution in [0.15, 0.2) is 23.2 Å². The summed E-state index contributed by atoms with van der Waals surface area (Å²) in [5.41, 5.74) is 0.842. The van der Waals surface area contributed by atoms with E-state index in [1.54, 1.807) is 14.2 Å². The standard InChI is InChI=1S/C17H26N4O3/c1-4-18-17(20-10-9-19-16(22)12-5-6-12)21-13-7-8-14(23-2)15(11-13)24-3/h7-8,11-12H,4-6,9-10H2,1-3H3,(H,19,22)(H2,18,20,21). The van der Waals surface area contributed by atoms with Gasteiger partial charge in [-0.3, -0.25) is 9.79 Å². The van der Waals surface area contributed by atoms with Crippen LogP contribution in [0.25, 0.3) is 0 Å². The summed E-state index contributed by atoms with van der Waals surface area (Å²) in [5, 5.41) is 9.30. The lowest BCUT2D eigenvalue weighted by atomic mass is 10.3. The predicted octanol–water partition coefficient (Wildman–Crippen LogP) is 1.61. The van der Waals surface area contributed by atoms with Crippen LogP contribution < -0.4 is 25.4 Å². The highest BCUT2D eigenvalue weighted by Gasteiger charge is 2.28. The van der Waals surface area contributed by atoms with Crippen molar-refractivity contribution in [2.45, 2.75) is 19.8 Å². The number of hydrogen-bond donors (Lipinski definition) is 3. The van der Waals surface area contributed by atoms with E-state index in [4.69, 9.17) is 9.47 Å². The minimum Gasteiger partial charge on any atom is -0.493 e. The molecule has 1 aromatic rings. The van der Waals surface area contributed by atoms with Crippen molar-refractivity contribution >= 4 is 17.6 Å². The second kappa shape index (κ2) is 9.00. The molecule has 2 rings (SSSR count). The van der Waals surface area contributed by atoms with Crippen molar-refractivity contribution < 1.29 is 14.3 Å². The fourth-order valence-corrected chi connectivity index (χ4v) is 2.19. The molecule has 1 saturated carbocycles. The van der Waals surface area contributed by atoms with E-state index in [2.05, 4.69) is 20.9 Å². The maximum atomic E-state index is 11.6. The molecule has 7 nitrogen and oxygen atoms in total. The fourth-order valence-electron chi connectivity index (χ4n) is 2.19. The number of carbonyl (C=O) groups excluding carboxylic acids is 1. The number of amides is 1. The van der Waals surface area contributed by atoms with Gasteiger partial charge in [-0.1, -0.05) is 0 Å². The number of ether oxygens (including phenoxy) is 2. The summed E-state index contributed by atoms with van der Waals surface area (Å²) < 4.78 is 10.5. The van der Waals surface area contributed by atoms with Crippen LogP contribution in [0.3, 0.4) is 0 Å². The molecule has 1 fully saturated rings. The average molecular weight is 334 g/mol. The summed E-state index contributed by atoms with van der Waals surface area (Å²) in [5.74, 6) is 2.35. The van der Waals surface area contributed by atoms with E-state index in [1.165, 1.54) is 0 Å². The Kier molecular flexibility index (Phi) is 6.72. The third-order valence-electron chi connectivity index (χ3n) is 3.62. The van der Waals surface area contributed by atoms with Crippen molar-refractivity contribution in [2.75, 3.05) is 39.2 Å². The molecule has 132 valence electrons. The summed E-state index contributed by atoms with van der Waals surface area (Å²) >= 11 is 0. The van der Waals surface area contributed by atoms with Gasteiger partial charge in [0.05, 0.1) is 20.8 Å². The van der Waals surface area contributed by atoms with E-state index >= 15 is 0 Å². The molecule has 1 aromatic carbocycles. The quantitative estimate of drug-likeness (QED) is 0.382. The number of benzene rings is 1. The van der Waals surface area contributed by atoms with Crippen LogP contribution >= 0.6 is 0 Å². The number of nitrogens with zero attached hydrogens (tertiary/aromatic N) is 1. The minimum absolute atomic E-state index is 0.142. The average Bonchev–Trinajstić information content (AvgIpc) is 3.43. The van der Waals surface area contributed by atoms with E-state index in [0.717, 1.165) is 25.1 Å². The molecule has 0 aromatic heterocycles. The van der Waals surface area contributed by atoms with Gasteiger partial charge in [-0.15, -0.1) is 0 Å². The number of anilines is 1. The number of rotatable bonds is 8. The molecule has 0 aliphatic heterocycles. The Morgan fingerprint density at radius 2 is 1.96 bits per heavy atom. The van der Waals surface area contributed by atoms with Crippen molar-refractivity contribution in [1.29, 1.82) is 0 Å². The molecule has 3 N–H and O–H groups in total. The monoisotopic (exact) mass is 334 g/mol. The van der Waals surface area contributed by atoms with Crippen molar-refractivity contribution in [3.63, 3.8) is 0 Å². The van der Waals surface area contributed by atoms with Gasteiger partial charge in [0.15, 0.2) is 17.5 Å². The lowest BCUT2D eigenvalue weighted by Gasteiger charge is -2.14. The lowest BCUT2D eigenvalue weighted by molar-refractivity contribution is -0.122. The SMILES string of the molecule is CCNC(=NCCNC(=O)C1CC1)Nc1ccc(OC)c(OC)c1. The molecule has 1 amide bonds. The first-order chi connectivity index (χ1) is 11.7. The smallest absolute Gasteiger partial charge is 0.223 e. The van der Waals surface area contributed by atoms with Gasteiger partial charge < -0.3 is 25.4 Å². The zero-order valence-electron chi connectivity index (χ0n) is 14.5. The summed E-state index contributed by atoms with van der Waals surface area (Å²) in [7, 11) is 3.20. The summed E-state index contributed by atoms with van der Waals surface area (Å²) in [6, 6.07) is 5.57. The summed E-state index contributed by atoms with van der Waals surface area (Å²) in [4.78, 5) is 16.0. The largest absolute Gasteiger partial charge is 0.493 e. The molecule has 0 atom stereocenters. The third kappa shape index (κ3) is 5.33. The molecule has 1 aliphatic carbocycles. The molecule has 0 spiro atoms. The number of carbonyl (C=O) groups is 1. The molecule has 0 saturated heterocycles. The molecule has 24 heavy (non-hydrogen) atoms. The molecule has 0 unspecified atom stereocenters. The number of guanidine groups is 1. The third-order valence-corrected chi connectivity index (χ3v) is 3.62. The second-order valence-electron chi connectivity index (χ2n) is 5.52. The first-order valence-corrected chi connectivity index (χ1v) is 8.23. The number of nitrogens with one attached hydrogen (secondary N) is 3. The Morgan fingerprint density at radius 1 is 1.21 bits per heavy atom. The number of hydrogen-bond acceptors (Lipinski definition) is 4. The van der Waals surface area contributed by atoms with Crippen molar-refractivity contribution in [3.05, 3.63) is 18.2 Å². The fraction of sp³-hybridized carbons (Fsp3) is 0.529. The molecule has 1 aliphatic rings. The molecule has 0 heterocycles. The van der Waals surface area contributed by atoms with E-state index < -0.39 is 0 Å². The van der Waals surface area contributed by atoms with Crippen LogP contribution in [0.1, 0.15) is 19.8 Å². The van der Waals surface area contributed by atoms with Gasteiger partial charge in [0, 0.05) is 30.8 Å². The molecular formula is C17H26N4O3. The molecule has 7 heteroatoms. The van der Waals surface area contributed by atoms with Gasteiger partial charge in [0.25, 0.3) is 0 Å². The lowest BCUT2D eigenvalue weighted by Crippen LogP contribution is -2.32. The Balaban J connectivity index is 1.91. The zero-order valence-corrected chi connectivity index (χ0v) is 14.5. The van der Waals surface area contributed by atoms with Crippen LogP contribution in [0.2, 0.25) is 0 Å². The van der Waals surface area contributed by atoms with Gasteiger partial charge in [0.2, 0.25) is 5.91 Å². The maximum absolute atomic E-state index is 11.6. The second-order valence-corrected chi connectivity index (χ2v) is 5.52. The maximum Gasteiger partial charge on any atom is 0.223 e. The van der Waals surface area contributed by atoms with E-state index in [0.29, 0.717) is 30.5 Å². The van der Waals surface area contributed by atoms with Crippen LogP contribution in [-0.4, -0.2) is 45.7 Å². The molecule has 0 radical (unpaired) electrons. The first-order valence-electron chi connectivity index (χ1n) is 8.23. The van der Waals surface area contributed by atoms with Gasteiger partial charge in [-0.05, 0) is 31.9 Å². The van der Waals surface area contributed by atoms with Gasteiger partial charge >= 0.3 is 0 Å². The Hall–Kier alpha value is -2.44. The van der Waals surface area contributed by atoms with E-state index in [9.17, 15) is 4.79 Å². The highest BCUT2D eigenvalue weighted by atomic mass is 16.5. The number of methoxy groups -OCH3 is 2. The topological polar surface area (TPSA) is 84.0 Å². The molecular weight excluding hydrogens is 308 g/mol. The Bertz CT molecular complexity index is 585. The summed E-state index contributed by atoms with van der Waals surface area (Å²) in [6.07, 6.45) is 2.02. The first kappa shape index (κ1) is 17.9. The van der Waals surface area contributed by atoms with Gasteiger partial charge in [0.1, 0.15) is 0 Å². The van der Waals surface area contributed by atoms with Gasteiger partial charge in [-0.2, -0.15) is 0 Å². The van der Waals surface area contributed by atoms with Crippen molar-refractivity contribution in [3.8, 4) is 11.5 Å². The van der Waals surface area contributed by atoms with Crippen molar-refractivity contribution in [1.82, 2.24) is 10.6 Å². The van der Waals surface area contributed by atoms with Crippen LogP contribution in [0.4, 0.5) is 5.69 Å². The van der Waals surface area contributed by atoms with E-state index in [1.807, 2.05) is 25.1 Å². The van der Waals surface area contributed by atoms with E-state index in [-0.39, 0.29) is 11.8 Å². The molecule has 0 bridgehead atoms.